The highest BCUT2D eigenvalue weighted by Crippen LogP contribution is 2.22. The van der Waals surface area contributed by atoms with Crippen LogP contribution in [0.15, 0.2) is 30.5 Å². The van der Waals surface area contributed by atoms with Crippen LogP contribution >= 0.6 is 23.2 Å². The molecule has 2 N–H and O–H groups in total. The van der Waals surface area contributed by atoms with Gasteiger partial charge in [0.1, 0.15) is 12.3 Å². The number of aliphatic hydroxyl groups is 1. The van der Waals surface area contributed by atoms with Gasteiger partial charge in [-0.25, -0.2) is 0 Å². The van der Waals surface area contributed by atoms with Crippen LogP contribution in [0.3, 0.4) is 0 Å². The summed E-state index contributed by atoms with van der Waals surface area (Å²) in [6.45, 7) is -0.260. The molecule has 0 unspecified atom stereocenters. The minimum atomic E-state index is -0.321. The van der Waals surface area contributed by atoms with Crippen molar-refractivity contribution in [3.63, 3.8) is 0 Å². The maximum absolute atomic E-state index is 12.3. The number of rotatable bonds is 2. The second-order valence-electron chi connectivity index (χ2n) is 4.26. The summed E-state index contributed by atoms with van der Waals surface area (Å²) in [5.74, 6) is 4.98. The number of carbonyl (C=O) groups is 1. The summed E-state index contributed by atoms with van der Waals surface area (Å²) in [7, 11) is 1.73. The smallest absolute Gasteiger partial charge is 0.272 e. The number of aryl methyl sites for hydroxylation is 1. The van der Waals surface area contributed by atoms with Gasteiger partial charge in [-0.3, -0.25) is 4.79 Å². The standard InChI is InChI=1S/C15H12Cl2N2O2/c1-19-9-12(17)8-14(19)15(21)18-13-7-11(16)5-4-10(13)3-2-6-20/h4-5,7-9,20H,6H2,1H3,(H,18,21). The third-order valence-corrected chi connectivity index (χ3v) is 3.18. The van der Waals surface area contributed by atoms with E-state index in [9.17, 15) is 4.79 Å². The Morgan fingerprint density at radius 1 is 1.33 bits per heavy atom. The number of aromatic nitrogens is 1. The fraction of sp³-hybridized carbons (Fsp3) is 0.133. The van der Waals surface area contributed by atoms with Crippen LogP contribution in [0.2, 0.25) is 10.0 Å². The van der Waals surface area contributed by atoms with Crippen molar-refractivity contribution in [2.75, 3.05) is 11.9 Å². The van der Waals surface area contributed by atoms with Crippen LogP contribution in [-0.4, -0.2) is 22.2 Å². The Hall–Kier alpha value is -1.93. The van der Waals surface area contributed by atoms with E-state index in [4.69, 9.17) is 28.3 Å². The highest BCUT2D eigenvalue weighted by molar-refractivity contribution is 6.31. The first-order valence-electron chi connectivity index (χ1n) is 6.03. The summed E-state index contributed by atoms with van der Waals surface area (Å²) in [6, 6.07) is 6.52. The molecule has 0 radical (unpaired) electrons. The third-order valence-electron chi connectivity index (χ3n) is 2.74. The molecular weight excluding hydrogens is 311 g/mol. The average molecular weight is 323 g/mol. The fourth-order valence-corrected chi connectivity index (χ4v) is 2.22. The molecule has 2 rings (SSSR count). The lowest BCUT2D eigenvalue weighted by Gasteiger charge is -2.08. The number of benzene rings is 1. The number of carbonyl (C=O) groups excluding carboxylic acids is 1. The molecule has 0 aliphatic carbocycles. The Balaban J connectivity index is 2.32. The van der Waals surface area contributed by atoms with Crippen molar-refractivity contribution in [2.24, 2.45) is 7.05 Å². The summed E-state index contributed by atoms with van der Waals surface area (Å²) >= 11 is 11.8. The van der Waals surface area contributed by atoms with Crippen LogP contribution in [0.25, 0.3) is 0 Å². The van der Waals surface area contributed by atoms with Crippen molar-refractivity contribution in [3.8, 4) is 11.8 Å². The Kier molecular flexibility index (Phi) is 4.92. The fourth-order valence-electron chi connectivity index (χ4n) is 1.80. The van der Waals surface area contributed by atoms with Gasteiger partial charge in [0.25, 0.3) is 5.91 Å². The Bertz CT molecular complexity index is 742. The molecule has 4 nitrogen and oxygen atoms in total. The van der Waals surface area contributed by atoms with Gasteiger partial charge in [0.05, 0.1) is 10.7 Å². The predicted molar refractivity (Wildman–Crippen MR) is 83.8 cm³/mol. The van der Waals surface area contributed by atoms with Crippen LogP contribution < -0.4 is 5.32 Å². The van der Waals surface area contributed by atoms with Crippen molar-refractivity contribution in [1.29, 1.82) is 0 Å². The topological polar surface area (TPSA) is 54.3 Å². The van der Waals surface area contributed by atoms with Crippen LogP contribution in [0, 0.1) is 11.8 Å². The highest BCUT2D eigenvalue weighted by Gasteiger charge is 2.13. The molecule has 0 fully saturated rings. The van der Waals surface area contributed by atoms with E-state index in [1.807, 2.05) is 0 Å². The number of hydrogen-bond acceptors (Lipinski definition) is 2. The first-order chi connectivity index (χ1) is 10.0. The van der Waals surface area contributed by atoms with E-state index in [0.717, 1.165) is 0 Å². The van der Waals surface area contributed by atoms with Crippen molar-refractivity contribution < 1.29 is 9.90 Å². The third kappa shape index (κ3) is 3.79. The van der Waals surface area contributed by atoms with Crippen LogP contribution in [-0.2, 0) is 7.05 Å². The monoisotopic (exact) mass is 322 g/mol. The van der Waals surface area contributed by atoms with Gasteiger partial charge < -0.3 is 15.0 Å². The molecule has 6 heteroatoms. The number of anilines is 1. The lowest BCUT2D eigenvalue weighted by atomic mass is 10.1. The molecule has 0 saturated carbocycles. The molecule has 0 bridgehead atoms. The summed E-state index contributed by atoms with van der Waals surface area (Å²) in [5.41, 5.74) is 1.47. The largest absolute Gasteiger partial charge is 0.384 e. The Labute approximate surface area is 132 Å². The maximum atomic E-state index is 12.3. The lowest BCUT2D eigenvalue weighted by molar-refractivity contribution is 0.101. The molecule has 1 aromatic carbocycles. The normalized spacial score (nSPS) is 9.90. The molecule has 0 aliphatic rings. The predicted octanol–water partition coefficient (Wildman–Crippen LogP) is 2.93. The van der Waals surface area contributed by atoms with E-state index >= 15 is 0 Å². The zero-order valence-corrected chi connectivity index (χ0v) is 12.7. The molecule has 108 valence electrons. The Morgan fingerprint density at radius 3 is 2.71 bits per heavy atom. The first-order valence-corrected chi connectivity index (χ1v) is 6.79. The van der Waals surface area contributed by atoms with Gasteiger partial charge in [0.15, 0.2) is 0 Å². The van der Waals surface area contributed by atoms with Gasteiger partial charge in [-0.1, -0.05) is 35.0 Å². The van der Waals surface area contributed by atoms with Gasteiger partial charge in [0, 0.05) is 23.8 Å². The van der Waals surface area contributed by atoms with E-state index in [2.05, 4.69) is 17.2 Å². The molecule has 0 aliphatic heterocycles. The number of nitrogens with zero attached hydrogens (tertiary/aromatic N) is 1. The first kappa shape index (κ1) is 15.5. The molecule has 1 amide bonds. The molecule has 0 saturated heterocycles. The van der Waals surface area contributed by atoms with Crippen molar-refractivity contribution in [1.82, 2.24) is 4.57 Å². The summed E-state index contributed by atoms with van der Waals surface area (Å²) in [4.78, 5) is 12.3. The maximum Gasteiger partial charge on any atom is 0.272 e. The molecule has 1 heterocycles. The van der Waals surface area contributed by atoms with E-state index in [-0.39, 0.29) is 12.5 Å². The number of hydrogen-bond donors (Lipinski definition) is 2. The average Bonchev–Trinajstić information content (AvgIpc) is 2.77. The molecule has 1 aromatic heterocycles. The van der Waals surface area contributed by atoms with E-state index < -0.39 is 0 Å². The second kappa shape index (κ2) is 6.68. The molecule has 2 aromatic rings. The van der Waals surface area contributed by atoms with Gasteiger partial charge in [-0.05, 0) is 24.3 Å². The number of amides is 1. The minimum absolute atomic E-state index is 0.260. The summed E-state index contributed by atoms with van der Waals surface area (Å²) < 4.78 is 1.63. The second-order valence-corrected chi connectivity index (χ2v) is 5.13. The van der Waals surface area contributed by atoms with E-state index in [0.29, 0.717) is 27.0 Å². The lowest BCUT2D eigenvalue weighted by Crippen LogP contribution is -2.16. The molecule has 0 spiro atoms. The summed E-state index contributed by atoms with van der Waals surface area (Å²) in [6.07, 6.45) is 1.64. The SMILES string of the molecule is Cn1cc(Cl)cc1C(=O)Nc1cc(Cl)ccc1C#CCO. The van der Waals surface area contributed by atoms with Crippen LogP contribution in [0.5, 0.6) is 0 Å². The van der Waals surface area contributed by atoms with E-state index in [1.165, 1.54) is 0 Å². The molecule has 0 atom stereocenters. The van der Waals surface area contributed by atoms with Gasteiger partial charge >= 0.3 is 0 Å². The van der Waals surface area contributed by atoms with Crippen LogP contribution in [0.1, 0.15) is 16.1 Å². The Morgan fingerprint density at radius 2 is 2.10 bits per heavy atom. The molecule has 21 heavy (non-hydrogen) atoms. The highest BCUT2D eigenvalue weighted by atomic mass is 35.5. The summed E-state index contributed by atoms with van der Waals surface area (Å²) in [5, 5.41) is 12.5. The van der Waals surface area contributed by atoms with Crippen molar-refractivity contribution in [3.05, 3.63) is 51.8 Å². The molecular formula is C15H12Cl2N2O2. The van der Waals surface area contributed by atoms with Gasteiger partial charge in [-0.2, -0.15) is 0 Å². The zero-order chi connectivity index (χ0) is 15.4. The number of aliphatic hydroxyl groups excluding tert-OH is 1. The van der Waals surface area contributed by atoms with Crippen molar-refractivity contribution in [2.45, 2.75) is 0 Å². The zero-order valence-electron chi connectivity index (χ0n) is 11.2. The van der Waals surface area contributed by atoms with Gasteiger partial charge in [0.2, 0.25) is 0 Å². The minimum Gasteiger partial charge on any atom is -0.384 e. The number of nitrogens with one attached hydrogen (secondary N) is 1. The quantitative estimate of drug-likeness (QED) is 0.835. The van der Waals surface area contributed by atoms with E-state index in [1.54, 1.807) is 42.1 Å². The van der Waals surface area contributed by atoms with Crippen molar-refractivity contribution >= 4 is 34.8 Å². The van der Waals surface area contributed by atoms with Gasteiger partial charge in [-0.15, -0.1) is 0 Å². The number of halogens is 2. The van der Waals surface area contributed by atoms with Crippen LogP contribution in [0.4, 0.5) is 5.69 Å².